The molecule has 0 unspecified atom stereocenters. The van der Waals surface area contributed by atoms with Crippen LogP contribution in [0.4, 0.5) is 0 Å². The molecule has 0 atom stereocenters. The number of hydrogen-bond acceptors (Lipinski definition) is 6. The number of morpholine rings is 1. The Bertz CT molecular complexity index is 1270. The number of thioether (sulfide) groups is 1. The molecule has 0 radical (unpaired) electrons. The summed E-state index contributed by atoms with van der Waals surface area (Å²) < 4.78 is 13.3. The van der Waals surface area contributed by atoms with Gasteiger partial charge >= 0.3 is 0 Å². The zero-order chi connectivity index (χ0) is 23.7. The Hall–Kier alpha value is -2.88. The molecule has 2 aromatic heterocycles. The maximum absolute atomic E-state index is 13.1. The lowest BCUT2D eigenvalue weighted by Crippen LogP contribution is -2.42. The van der Waals surface area contributed by atoms with Gasteiger partial charge in [-0.25, -0.2) is 0 Å². The summed E-state index contributed by atoms with van der Waals surface area (Å²) in [6, 6.07) is 9.77. The molecule has 0 bridgehead atoms. The summed E-state index contributed by atoms with van der Waals surface area (Å²) >= 11 is 6.77. The number of aromatic nitrogens is 1. The number of hydrogen-bond donors (Lipinski definition) is 0. The van der Waals surface area contributed by atoms with Crippen LogP contribution in [0.2, 0.25) is 0 Å². The Balaban J connectivity index is 1.47. The lowest BCUT2D eigenvalue weighted by Gasteiger charge is -2.27. The van der Waals surface area contributed by atoms with Gasteiger partial charge in [-0.1, -0.05) is 49.1 Å². The number of carbonyl (C=O) groups is 2. The number of carbonyl (C=O) groups excluding carboxylic acids is 2. The van der Waals surface area contributed by atoms with Gasteiger partial charge in [-0.15, -0.1) is 0 Å². The Morgan fingerprint density at radius 2 is 2.03 bits per heavy atom. The van der Waals surface area contributed by atoms with Crippen LogP contribution in [-0.2, 0) is 33.8 Å². The molecule has 0 spiro atoms. The van der Waals surface area contributed by atoms with Gasteiger partial charge in [0, 0.05) is 30.2 Å². The lowest BCUT2D eigenvalue weighted by molar-refractivity contribution is -0.135. The Labute approximate surface area is 207 Å². The summed E-state index contributed by atoms with van der Waals surface area (Å²) in [7, 11) is 0. The van der Waals surface area contributed by atoms with Crippen molar-refractivity contribution in [3.05, 3.63) is 64.6 Å². The van der Waals surface area contributed by atoms with E-state index in [0.717, 1.165) is 28.5 Å². The van der Waals surface area contributed by atoms with Gasteiger partial charge in [0.2, 0.25) is 5.91 Å². The molecule has 4 heterocycles. The second-order valence-corrected chi connectivity index (χ2v) is 9.90. The zero-order valence-corrected chi connectivity index (χ0v) is 20.5. The number of para-hydroxylation sites is 1. The minimum Gasteiger partial charge on any atom is -0.467 e. The fourth-order valence-corrected chi connectivity index (χ4v) is 5.63. The summed E-state index contributed by atoms with van der Waals surface area (Å²) in [4.78, 5) is 30.1. The van der Waals surface area contributed by atoms with Crippen LogP contribution in [0.1, 0.15) is 23.8 Å². The van der Waals surface area contributed by atoms with Crippen molar-refractivity contribution in [3.63, 3.8) is 0 Å². The molecule has 1 aromatic carbocycles. The van der Waals surface area contributed by atoms with E-state index >= 15 is 0 Å². The molecule has 3 aromatic rings. The first-order chi connectivity index (χ1) is 16.5. The first-order valence-corrected chi connectivity index (χ1v) is 12.5. The molecule has 2 saturated heterocycles. The van der Waals surface area contributed by atoms with E-state index < -0.39 is 0 Å². The second-order valence-electron chi connectivity index (χ2n) is 8.22. The fourth-order valence-electron chi connectivity index (χ4n) is 4.38. The van der Waals surface area contributed by atoms with Crippen LogP contribution >= 0.6 is 24.0 Å². The van der Waals surface area contributed by atoms with Crippen molar-refractivity contribution in [1.29, 1.82) is 0 Å². The topological polar surface area (TPSA) is 67.9 Å². The number of aryl methyl sites for hydroxylation is 1. The van der Waals surface area contributed by atoms with E-state index in [4.69, 9.17) is 21.4 Å². The number of ether oxygens (including phenoxy) is 1. The largest absolute Gasteiger partial charge is 0.467 e. The highest BCUT2D eigenvalue weighted by Crippen LogP contribution is 2.36. The molecule has 2 aliphatic heterocycles. The normalized spacial score (nSPS) is 18.0. The van der Waals surface area contributed by atoms with Crippen molar-refractivity contribution >= 4 is 57.1 Å². The third kappa shape index (κ3) is 4.43. The standard InChI is InChI=1S/C25H25N3O4S2/c1-2-17-5-3-7-20-18(14-27(23(17)20)16-22(29)26-8-11-31-12-9-26)13-21-24(30)28(25(33)34-21)15-19-6-4-10-32-19/h3-7,10,13-14H,2,8-9,11-12,15-16H2,1H3/b21-13-. The number of benzene rings is 1. The van der Waals surface area contributed by atoms with Gasteiger partial charge in [0.05, 0.1) is 36.4 Å². The van der Waals surface area contributed by atoms with E-state index in [1.807, 2.05) is 39.9 Å². The average molecular weight is 496 g/mol. The molecular weight excluding hydrogens is 470 g/mol. The lowest BCUT2D eigenvalue weighted by atomic mass is 10.1. The van der Waals surface area contributed by atoms with E-state index in [9.17, 15) is 9.59 Å². The first kappa shape index (κ1) is 22.9. The minimum absolute atomic E-state index is 0.0717. The van der Waals surface area contributed by atoms with Crippen molar-refractivity contribution < 1.29 is 18.7 Å². The number of rotatable bonds is 6. The van der Waals surface area contributed by atoms with E-state index in [1.54, 1.807) is 17.2 Å². The third-order valence-corrected chi connectivity index (χ3v) is 7.50. The zero-order valence-electron chi connectivity index (χ0n) is 18.9. The van der Waals surface area contributed by atoms with Crippen molar-refractivity contribution in [2.24, 2.45) is 0 Å². The molecular formula is C25H25N3O4S2. The summed E-state index contributed by atoms with van der Waals surface area (Å²) in [6.07, 6.45) is 6.29. The van der Waals surface area contributed by atoms with Crippen LogP contribution in [0.5, 0.6) is 0 Å². The van der Waals surface area contributed by atoms with Crippen LogP contribution in [0.3, 0.4) is 0 Å². The summed E-state index contributed by atoms with van der Waals surface area (Å²) in [6.45, 7) is 5.04. The summed E-state index contributed by atoms with van der Waals surface area (Å²) in [5.74, 6) is 0.620. The van der Waals surface area contributed by atoms with Crippen LogP contribution in [0, 0.1) is 0 Å². The minimum atomic E-state index is -0.136. The van der Waals surface area contributed by atoms with Crippen LogP contribution < -0.4 is 0 Å². The summed E-state index contributed by atoms with van der Waals surface area (Å²) in [5, 5.41) is 1.02. The van der Waals surface area contributed by atoms with Gasteiger partial charge in [0.15, 0.2) is 0 Å². The van der Waals surface area contributed by atoms with Gasteiger partial charge in [0.1, 0.15) is 16.6 Å². The monoisotopic (exact) mass is 495 g/mol. The van der Waals surface area contributed by atoms with E-state index in [1.165, 1.54) is 11.8 Å². The second kappa shape index (κ2) is 9.77. The Kier molecular flexibility index (Phi) is 6.58. The van der Waals surface area contributed by atoms with Crippen molar-refractivity contribution in [1.82, 2.24) is 14.4 Å². The number of nitrogens with zero attached hydrogens (tertiary/aromatic N) is 3. The van der Waals surface area contributed by atoms with Crippen LogP contribution in [0.15, 0.2) is 52.1 Å². The molecule has 0 N–H and O–H groups in total. The van der Waals surface area contributed by atoms with E-state index in [0.29, 0.717) is 47.8 Å². The molecule has 0 saturated carbocycles. The van der Waals surface area contributed by atoms with Crippen molar-refractivity contribution in [2.75, 3.05) is 26.3 Å². The highest BCUT2D eigenvalue weighted by Gasteiger charge is 2.33. The molecule has 34 heavy (non-hydrogen) atoms. The molecule has 5 rings (SSSR count). The fraction of sp³-hybridized carbons (Fsp3) is 0.320. The van der Waals surface area contributed by atoms with Gasteiger partial charge in [-0.3, -0.25) is 14.5 Å². The molecule has 2 aliphatic rings. The number of amides is 2. The average Bonchev–Trinajstić information content (AvgIpc) is 3.56. The molecule has 9 heteroatoms. The quantitative estimate of drug-likeness (QED) is 0.380. The number of thiocarbonyl (C=S) groups is 1. The SMILES string of the molecule is CCc1cccc2c(/C=C3\SC(=S)N(Cc4ccco4)C3=O)cn(CC(=O)N3CCOCC3)c12. The van der Waals surface area contributed by atoms with Gasteiger partial charge < -0.3 is 18.6 Å². The van der Waals surface area contributed by atoms with Crippen molar-refractivity contribution in [3.8, 4) is 0 Å². The summed E-state index contributed by atoms with van der Waals surface area (Å²) in [5.41, 5.74) is 3.10. The maximum Gasteiger partial charge on any atom is 0.266 e. The highest BCUT2D eigenvalue weighted by molar-refractivity contribution is 8.26. The number of furan rings is 1. The highest BCUT2D eigenvalue weighted by atomic mass is 32.2. The predicted molar refractivity (Wildman–Crippen MR) is 136 cm³/mol. The van der Waals surface area contributed by atoms with Gasteiger partial charge in [-0.05, 0) is 30.2 Å². The van der Waals surface area contributed by atoms with Crippen LogP contribution in [-0.4, -0.2) is 56.8 Å². The molecule has 7 nitrogen and oxygen atoms in total. The Morgan fingerprint density at radius 1 is 1.21 bits per heavy atom. The molecule has 2 amide bonds. The third-order valence-electron chi connectivity index (χ3n) is 6.12. The van der Waals surface area contributed by atoms with E-state index in [2.05, 4.69) is 13.0 Å². The van der Waals surface area contributed by atoms with E-state index in [-0.39, 0.29) is 18.4 Å². The van der Waals surface area contributed by atoms with Gasteiger partial charge in [0.25, 0.3) is 5.91 Å². The molecule has 2 fully saturated rings. The van der Waals surface area contributed by atoms with Crippen molar-refractivity contribution in [2.45, 2.75) is 26.4 Å². The Morgan fingerprint density at radius 3 is 2.76 bits per heavy atom. The molecule has 0 aliphatic carbocycles. The molecule has 176 valence electrons. The maximum atomic E-state index is 13.1. The first-order valence-electron chi connectivity index (χ1n) is 11.3. The van der Waals surface area contributed by atoms with Crippen LogP contribution in [0.25, 0.3) is 17.0 Å². The predicted octanol–water partition coefficient (Wildman–Crippen LogP) is 4.06. The van der Waals surface area contributed by atoms with Gasteiger partial charge in [-0.2, -0.15) is 0 Å². The number of fused-ring (bicyclic) bond motifs is 1. The smallest absolute Gasteiger partial charge is 0.266 e.